The zero-order chi connectivity index (χ0) is 16.4. The third-order valence-corrected chi connectivity index (χ3v) is 5.26. The molecule has 0 aliphatic carbocycles. The highest BCUT2D eigenvalue weighted by Gasteiger charge is 2.13. The van der Waals surface area contributed by atoms with Crippen LogP contribution in [0.5, 0.6) is 10.9 Å². The first-order valence-corrected chi connectivity index (χ1v) is 9.02. The molecule has 7 heteroatoms. The summed E-state index contributed by atoms with van der Waals surface area (Å²) in [5.74, 6) is 1.80. The molecular weight excluding hydrogens is 353 g/mol. The van der Waals surface area contributed by atoms with E-state index >= 15 is 0 Å². The Hall–Kier alpha value is -1.30. The summed E-state index contributed by atoms with van der Waals surface area (Å²) in [5, 5.41) is 4.07. The first-order valence-electron chi connectivity index (χ1n) is 7.45. The molecule has 4 nitrogen and oxygen atoms in total. The van der Waals surface area contributed by atoms with Gasteiger partial charge in [0.1, 0.15) is 15.9 Å². The quantitative estimate of drug-likeness (QED) is 0.758. The van der Waals surface area contributed by atoms with Crippen molar-refractivity contribution in [2.45, 2.75) is 33.1 Å². The maximum Gasteiger partial charge on any atom is 0.281 e. The Bertz CT molecular complexity index is 731. The fourth-order valence-corrected chi connectivity index (χ4v) is 3.42. The van der Waals surface area contributed by atoms with Crippen LogP contribution < -0.4 is 10.1 Å². The van der Waals surface area contributed by atoms with E-state index in [-0.39, 0.29) is 5.15 Å². The average Bonchev–Trinajstić information content (AvgIpc) is 2.83. The molecule has 0 unspecified atom stereocenters. The summed E-state index contributed by atoms with van der Waals surface area (Å²) >= 11 is 13.0. The second kappa shape index (κ2) is 7.07. The number of amidine groups is 1. The Morgan fingerprint density at radius 1 is 1.22 bits per heavy atom. The molecule has 1 aromatic heterocycles. The summed E-state index contributed by atoms with van der Waals surface area (Å²) in [6.07, 6.45) is 3.41. The van der Waals surface area contributed by atoms with E-state index in [4.69, 9.17) is 32.9 Å². The van der Waals surface area contributed by atoms with Crippen molar-refractivity contribution < 1.29 is 4.74 Å². The van der Waals surface area contributed by atoms with E-state index in [1.165, 1.54) is 24.2 Å². The average molecular weight is 370 g/mol. The standard InChI is InChI=1S/C16H17Cl2N3OS/c1-9-8-12(22-16-21-14(17)15(18)23-16)10(2)7-11(9)20-13-5-3-4-6-19-13/h7-8H,3-6H2,1-2H3,(H,19,20). The molecule has 1 aliphatic heterocycles. The second-order valence-electron chi connectivity index (χ2n) is 5.49. The normalized spacial score (nSPS) is 16.4. The topological polar surface area (TPSA) is 46.5 Å². The van der Waals surface area contributed by atoms with Crippen LogP contribution in [-0.2, 0) is 0 Å². The summed E-state index contributed by atoms with van der Waals surface area (Å²) in [6, 6.07) is 4.01. The highest BCUT2D eigenvalue weighted by atomic mass is 35.5. The number of hydrogen-bond donors (Lipinski definition) is 1. The van der Waals surface area contributed by atoms with Gasteiger partial charge in [0, 0.05) is 13.0 Å². The number of rotatable bonds is 3. The van der Waals surface area contributed by atoms with E-state index in [9.17, 15) is 0 Å². The van der Waals surface area contributed by atoms with Gasteiger partial charge in [-0.25, -0.2) is 4.99 Å². The summed E-state index contributed by atoms with van der Waals surface area (Å²) in [5.41, 5.74) is 3.02. The maximum atomic E-state index is 5.92. The lowest BCUT2D eigenvalue weighted by Gasteiger charge is -2.16. The zero-order valence-corrected chi connectivity index (χ0v) is 15.3. The van der Waals surface area contributed by atoms with Crippen LogP contribution in [0.2, 0.25) is 9.49 Å². The minimum Gasteiger partial charge on any atom is -0.431 e. The minimum absolute atomic E-state index is 0.271. The van der Waals surface area contributed by atoms with Gasteiger partial charge in [-0.15, -0.1) is 0 Å². The molecule has 0 radical (unpaired) electrons. The van der Waals surface area contributed by atoms with Gasteiger partial charge in [0.2, 0.25) is 0 Å². The van der Waals surface area contributed by atoms with Gasteiger partial charge in [0.15, 0.2) is 5.15 Å². The Morgan fingerprint density at radius 2 is 2.04 bits per heavy atom. The number of halogens is 2. The van der Waals surface area contributed by atoms with E-state index in [2.05, 4.69) is 10.3 Å². The van der Waals surface area contributed by atoms with Gasteiger partial charge in [-0.3, -0.25) is 0 Å². The van der Waals surface area contributed by atoms with Gasteiger partial charge in [-0.2, -0.15) is 4.98 Å². The molecular formula is C16H17Cl2N3OS. The van der Waals surface area contributed by atoms with Crippen LogP contribution in [0.15, 0.2) is 17.1 Å². The fourth-order valence-electron chi connectivity index (χ4n) is 2.39. The largest absolute Gasteiger partial charge is 0.431 e. The van der Waals surface area contributed by atoms with Gasteiger partial charge in [0.25, 0.3) is 5.19 Å². The highest BCUT2D eigenvalue weighted by Crippen LogP contribution is 2.37. The van der Waals surface area contributed by atoms with Crippen molar-refractivity contribution in [2.75, 3.05) is 6.54 Å². The summed E-state index contributed by atoms with van der Waals surface area (Å²) in [6.45, 7) is 5.02. The lowest BCUT2D eigenvalue weighted by Crippen LogP contribution is -2.28. The number of nitrogens with one attached hydrogen (secondary N) is 1. The molecule has 1 fully saturated rings. The van der Waals surface area contributed by atoms with Gasteiger partial charge in [-0.1, -0.05) is 34.5 Å². The number of hydrogen-bond acceptors (Lipinski definition) is 4. The lowest BCUT2D eigenvalue weighted by atomic mass is 10.1. The Labute approximate surface area is 149 Å². The van der Waals surface area contributed by atoms with Gasteiger partial charge >= 0.3 is 0 Å². The molecule has 1 aromatic carbocycles. The molecule has 0 amide bonds. The van der Waals surface area contributed by atoms with Crippen LogP contribution >= 0.6 is 34.5 Å². The van der Waals surface area contributed by atoms with E-state index in [1.807, 2.05) is 26.0 Å². The minimum atomic E-state index is 0.271. The first kappa shape index (κ1) is 16.6. The number of benzene rings is 1. The number of aromatic nitrogens is 1. The summed E-state index contributed by atoms with van der Waals surface area (Å²) in [7, 11) is 0. The van der Waals surface area contributed by atoms with Gasteiger partial charge < -0.3 is 10.1 Å². The van der Waals surface area contributed by atoms with E-state index < -0.39 is 0 Å². The maximum absolute atomic E-state index is 5.92. The SMILES string of the molecule is Cc1cc(Oc2nc(Cl)c(Cl)s2)c(C)cc1/N=C1\CCCCN1. The molecule has 23 heavy (non-hydrogen) atoms. The van der Waals surface area contributed by atoms with E-state index in [1.54, 1.807) is 0 Å². The van der Waals surface area contributed by atoms with Crippen molar-refractivity contribution in [3.8, 4) is 10.9 Å². The van der Waals surface area contributed by atoms with Crippen LogP contribution in [0, 0.1) is 13.8 Å². The monoisotopic (exact) mass is 369 g/mol. The molecule has 0 bridgehead atoms. The predicted octanol–water partition coefficient (Wildman–Crippen LogP) is 5.66. The summed E-state index contributed by atoms with van der Waals surface area (Å²) < 4.78 is 6.24. The molecule has 122 valence electrons. The molecule has 1 aliphatic rings. The smallest absolute Gasteiger partial charge is 0.281 e. The molecule has 0 saturated carbocycles. The summed E-state index contributed by atoms with van der Waals surface area (Å²) in [4.78, 5) is 8.82. The van der Waals surface area contributed by atoms with Crippen LogP contribution in [-0.4, -0.2) is 17.4 Å². The molecule has 3 rings (SSSR count). The Balaban J connectivity index is 1.84. The third-order valence-electron chi connectivity index (χ3n) is 3.64. The predicted molar refractivity (Wildman–Crippen MR) is 97.1 cm³/mol. The molecule has 0 spiro atoms. The van der Waals surface area contributed by atoms with Crippen molar-refractivity contribution in [3.05, 3.63) is 32.7 Å². The molecule has 1 saturated heterocycles. The molecule has 1 N–H and O–H groups in total. The number of aliphatic imine (C=N–C) groups is 1. The molecule has 0 atom stereocenters. The van der Waals surface area contributed by atoms with Crippen molar-refractivity contribution in [3.63, 3.8) is 0 Å². The van der Waals surface area contributed by atoms with Crippen LogP contribution in [0.4, 0.5) is 5.69 Å². The van der Waals surface area contributed by atoms with Crippen LogP contribution in [0.3, 0.4) is 0 Å². The number of nitrogens with zero attached hydrogens (tertiary/aromatic N) is 2. The van der Waals surface area contributed by atoms with Gasteiger partial charge in [-0.05, 0) is 49.9 Å². The van der Waals surface area contributed by atoms with E-state index in [0.717, 1.165) is 41.4 Å². The number of aryl methyl sites for hydroxylation is 2. The van der Waals surface area contributed by atoms with Crippen LogP contribution in [0.1, 0.15) is 30.4 Å². The highest BCUT2D eigenvalue weighted by molar-refractivity contribution is 7.18. The lowest BCUT2D eigenvalue weighted by molar-refractivity contribution is 0.475. The fraction of sp³-hybridized carbons (Fsp3) is 0.375. The molecule has 2 aromatic rings. The van der Waals surface area contributed by atoms with Crippen molar-refractivity contribution in [1.82, 2.24) is 10.3 Å². The number of piperidine rings is 1. The Morgan fingerprint density at radius 3 is 2.70 bits per heavy atom. The molecule has 2 heterocycles. The number of thiazole rings is 1. The third kappa shape index (κ3) is 3.97. The first-order chi connectivity index (χ1) is 11.0. The zero-order valence-electron chi connectivity index (χ0n) is 12.9. The van der Waals surface area contributed by atoms with Gasteiger partial charge in [0.05, 0.1) is 5.69 Å². The van der Waals surface area contributed by atoms with Crippen molar-refractivity contribution in [1.29, 1.82) is 0 Å². The second-order valence-corrected chi connectivity index (χ2v) is 7.41. The van der Waals surface area contributed by atoms with E-state index in [0.29, 0.717) is 9.53 Å². The number of ether oxygens (including phenoxy) is 1. The van der Waals surface area contributed by atoms with Crippen molar-refractivity contribution >= 4 is 46.1 Å². The Kier molecular flexibility index (Phi) is 5.09. The van der Waals surface area contributed by atoms with Crippen LogP contribution in [0.25, 0.3) is 0 Å². The van der Waals surface area contributed by atoms with Crippen molar-refractivity contribution in [2.24, 2.45) is 4.99 Å².